The molecule has 0 saturated carbocycles. The fourth-order valence-corrected chi connectivity index (χ4v) is 3.51. The summed E-state index contributed by atoms with van der Waals surface area (Å²) in [6.45, 7) is 0. The number of imide groups is 1. The lowest BCUT2D eigenvalue weighted by atomic mass is 9.93. The Morgan fingerprint density at radius 3 is 2.45 bits per heavy atom. The van der Waals surface area contributed by atoms with Crippen molar-refractivity contribution in [2.24, 2.45) is 11.1 Å². The highest BCUT2D eigenvalue weighted by Gasteiger charge is 2.57. The number of Topliss-reactive ketones (excluding diaryl/α,β-unsaturated/α-hetero) is 1. The zero-order chi connectivity index (χ0) is 20.9. The van der Waals surface area contributed by atoms with Crippen LogP contribution in [0.5, 0.6) is 0 Å². The van der Waals surface area contributed by atoms with Crippen molar-refractivity contribution in [2.45, 2.75) is 6.10 Å². The lowest BCUT2D eigenvalue weighted by Gasteiger charge is -2.17. The smallest absolute Gasteiger partial charge is 0.279 e. The maximum absolute atomic E-state index is 13.0. The Bertz CT molecular complexity index is 1120. The molecule has 1 saturated heterocycles. The third-order valence-electron chi connectivity index (χ3n) is 4.53. The van der Waals surface area contributed by atoms with Crippen LogP contribution in [0.4, 0.5) is 11.4 Å². The largest absolute Gasteiger partial charge is 0.381 e. The molecule has 0 radical (unpaired) electrons. The summed E-state index contributed by atoms with van der Waals surface area (Å²) in [5, 5.41) is 14.8. The molecule has 2 atom stereocenters. The molecular weight excluding hydrogens is 425 g/mol. The molecular formula is C18H9Cl2N3O6. The van der Waals surface area contributed by atoms with Gasteiger partial charge in [0.15, 0.2) is 0 Å². The average molecular weight is 434 g/mol. The van der Waals surface area contributed by atoms with E-state index in [-0.39, 0.29) is 32.7 Å². The standard InChI is InChI=1S/C18H9Cl2N3O6/c19-9-3-6-11(20)12(7-9)22-17(25)13-14(21-29-16(13)18(22)26)15(24)8-1-4-10(5-2-8)23(27)28/h1-7,13,16H/t13-,16+/m1/s1. The van der Waals surface area contributed by atoms with Crippen molar-refractivity contribution in [2.75, 3.05) is 4.90 Å². The number of fused-ring (bicyclic) bond motifs is 1. The van der Waals surface area contributed by atoms with Crippen molar-refractivity contribution >= 4 is 57.9 Å². The first-order valence-electron chi connectivity index (χ1n) is 8.15. The molecule has 0 N–H and O–H groups in total. The fraction of sp³-hybridized carbons (Fsp3) is 0.111. The van der Waals surface area contributed by atoms with Crippen LogP contribution in [-0.4, -0.2) is 34.3 Å². The van der Waals surface area contributed by atoms with Crippen molar-refractivity contribution in [3.63, 3.8) is 0 Å². The highest BCUT2D eigenvalue weighted by molar-refractivity contribution is 6.53. The van der Waals surface area contributed by atoms with Crippen molar-refractivity contribution in [3.05, 3.63) is 68.2 Å². The van der Waals surface area contributed by atoms with Crippen LogP contribution in [0.3, 0.4) is 0 Å². The summed E-state index contributed by atoms with van der Waals surface area (Å²) < 4.78 is 0. The molecule has 4 rings (SSSR count). The Balaban J connectivity index is 1.65. The van der Waals surface area contributed by atoms with Gasteiger partial charge in [-0.25, -0.2) is 4.90 Å². The average Bonchev–Trinajstić information content (AvgIpc) is 3.24. The quantitative estimate of drug-likeness (QED) is 0.316. The van der Waals surface area contributed by atoms with E-state index in [1.807, 2.05) is 0 Å². The molecule has 2 aromatic rings. The molecule has 0 bridgehead atoms. The Hall–Kier alpha value is -3.30. The van der Waals surface area contributed by atoms with Gasteiger partial charge in [0.25, 0.3) is 11.6 Å². The number of hydrogen-bond donors (Lipinski definition) is 0. The van der Waals surface area contributed by atoms with Crippen LogP contribution in [-0.2, 0) is 14.4 Å². The first kappa shape index (κ1) is 19.0. The molecule has 11 heteroatoms. The van der Waals surface area contributed by atoms with E-state index < -0.39 is 34.5 Å². The molecule has 0 aromatic heterocycles. The van der Waals surface area contributed by atoms with Gasteiger partial charge in [0.2, 0.25) is 17.8 Å². The summed E-state index contributed by atoms with van der Waals surface area (Å²) in [6, 6.07) is 9.08. The van der Waals surface area contributed by atoms with E-state index >= 15 is 0 Å². The molecule has 2 heterocycles. The number of nitrogens with zero attached hydrogens (tertiary/aromatic N) is 3. The second kappa shape index (κ2) is 6.94. The van der Waals surface area contributed by atoms with Crippen molar-refractivity contribution in [1.82, 2.24) is 0 Å². The second-order valence-electron chi connectivity index (χ2n) is 6.22. The molecule has 1 fully saturated rings. The number of carbonyl (C=O) groups is 3. The number of non-ortho nitro benzene ring substituents is 1. The molecule has 2 aromatic carbocycles. The first-order chi connectivity index (χ1) is 13.8. The number of amides is 2. The number of rotatable bonds is 4. The minimum Gasteiger partial charge on any atom is -0.381 e. The van der Waals surface area contributed by atoms with E-state index in [0.717, 1.165) is 17.0 Å². The van der Waals surface area contributed by atoms with Gasteiger partial charge in [-0.15, -0.1) is 0 Å². The molecule has 29 heavy (non-hydrogen) atoms. The minimum absolute atomic E-state index is 0.0677. The summed E-state index contributed by atoms with van der Waals surface area (Å²) >= 11 is 12.0. The Morgan fingerprint density at radius 2 is 1.79 bits per heavy atom. The van der Waals surface area contributed by atoms with Gasteiger partial charge >= 0.3 is 0 Å². The second-order valence-corrected chi connectivity index (χ2v) is 7.06. The van der Waals surface area contributed by atoms with Gasteiger partial charge in [-0.3, -0.25) is 24.5 Å². The van der Waals surface area contributed by atoms with Crippen LogP contribution >= 0.6 is 23.2 Å². The number of hydrogen-bond acceptors (Lipinski definition) is 7. The van der Waals surface area contributed by atoms with E-state index in [1.165, 1.54) is 30.3 Å². The van der Waals surface area contributed by atoms with Crippen LogP contribution in [0.15, 0.2) is 47.6 Å². The zero-order valence-electron chi connectivity index (χ0n) is 14.2. The minimum atomic E-state index is -1.30. The first-order valence-corrected chi connectivity index (χ1v) is 8.91. The number of oxime groups is 1. The van der Waals surface area contributed by atoms with Gasteiger partial charge < -0.3 is 4.84 Å². The Kier molecular flexibility index (Phi) is 4.56. The molecule has 0 aliphatic carbocycles. The van der Waals surface area contributed by atoms with E-state index in [4.69, 9.17) is 28.0 Å². The maximum atomic E-state index is 13.0. The normalized spacial score (nSPS) is 20.3. The van der Waals surface area contributed by atoms with Gasteiger partial charge in [-0.2, -0.15) is 0 Å². The van der Waals surface area contributed by atoms with Crippen LogP contribution in [0, 0.1) is 16.0 Å². The molecule has 146 valence electrons. The van der Waals surface area contributed by atoms with Crippen molar-refractivity contribution < 1.29 is 24.1 Å². The van der Waals surface area contributed by atoms with Gasteiger partial charge in [0.1, 0.15) is 11.6 Å². The van der Waals surface area contributed by atoms with Crippen LogP contribution in [0.25, 0.3) is 0 Å². The molecule has 9 nitrogen and oxygen atoms in total. The highest BCUT2D eigenvalue weighted by atomic mass is 35.5. The summed E-state index contributed by atoms with van der Waals surface area (Å²) in [5.41, 5.74) is -0.312. The van der Waals surface area contributed by atoms with Gasteiger partial charge in [0, 0.05) is 22.7 Å². The number of anilines is 1. The number of halogens is 2. The summed E-state index contributed by atoms with van der Waals surface area (Å²) in [6.07, 6.45) is -1.30. The lowest BCUT2D eigenvalue weighted by Crippen LogP contribution is -2.34. The maximum Gasteiger partial charge on any atom is 0.279 e. The Labute approximate surface area is 172 Å². The van der Waals surface area contributed by atoms with E-state index in [1.54, 1.807) is 0 Å². The Morgan fingerprint density at radius 1 is 1.10 bits per heavy atom. The molecule has 2 aliphatic heterocycles. The van der Waals surface area contributed by atoms with E-state index in [9.17, 15) is 24.5 Å². The third kappa shape index (κ3) is 3.04. The predicted octanol–water partition coefficient (Wildman–Crippen LogP) is 3.03. The molecule has 2 amide bonds. The zero-order valence-corrected chi connectivity index (χ0v) is 15.8. The van der Waals surface area contributed by atoms with Gasteiger partial charge in [0.05, 0.1) is 15.6 Å². The van der Waals surface area contributed by atoms with Crippen molar-refractivity contribution in [1.29, 1.82) is 0 Å². The third-order valence-corrected chi connectivity index (χ3v) is 5.09. The van der Waals surface area contributed by atoms with Gasteiger partial charge in [-0.05, 0) is 30.3 Å². The highest BCUT2D eigenvalue weighted by Crippen LogP contribution is 2.38. The van der Waals surface area contributed by atoms with Crippen LogP contribution in [0.1, 0.15) is 10.4 Å². The number of carbonyl (C=O) groups excluding carboxylic acids is 3. The van der Waals surface area contributed by atoms with E-state index in [0.29, 0.717) is 0 Å². The number of benzene rings is 2. The molecule has 0 spiro atoms. The summed E-state index contributed by atoms with van der Waals surface area (Å²) in [4.78, 5) is 54.5. The summed E-state index contributed by atoms with van der Waals surface area (Å²) in [7, 11) is 0. The predicted molar refractivity (Wildman–Crippen MR) is 102 cm³/mol. The van der Waals surface area contributed by atoms with E-state index in [2.05, 4.69) is 5.16 Å². The molecule has 2 aliphatic rings. The number of nitro benzene ring substituents is 1. The van der Waals surface area contributed by atoms with Crippen molar-refractivity contribution in [3.8, 4) is 0 Å². The van der Waals surface area contributed by atoms with Crippen LogP contribution in [0.2, 0.25) is 10.0 Å². The number of ketones is 1. The monoisotopic (exact) mass is 433 g/mol. The van der Waals surface area contributed by atoms with Gasteiger partial charge in [-0.1, -0.05) is 28.4 Å². The van der Waals surface area contributed by atoms with Crippen LogP contribution < -0.4 is 4.90 Å². The molecule has 0 unspecified atom stereocenters. The fourth-order valence-electron chi connectivity index (χ4n) is 3.14. The number of nitro groups is 1. The SMILES string of the molecule is O=C(C1=NO[C@@H]2C(=O)N(c3cc(Cl)ccc3Cl)C(=O)[C@H]12)c1ccc([N+](=O)[O-])cc1. The lowest BCUT2D eigenvalue weighted by molar-refractivity contribution is -0.384. The summed E-state index contributed by atoms with van der Waals surface area (Å²) in [5.74, 6) is -3.37. The topological polar surface area (TPSA) is 119 Å².